The SMILES string of the molecule is CC(CN)NC(=O)OCC(C)(F)F. The minimum absolute atomic E-state index is 0.234. The van der Waals surface area contributed by atoms with Crippen molar-refractivity contribution in [1.82, 2.24) is 5.32 Å². The van der Waals surface area contributed by atoms with Gasteiger partial charge in [-0.3, -0.25) is 0 Å². The number of nitrogens with one attached hydrogen (secondary N) is 1. The van der Waals surface area contributed by atoms with E-state index in [1.807, 2.05) is 0 Å². The molecule has 1 unspecified atom stereocenters. The normalized spacial score (nSPS) is 13.6. The third-order valence-corrected chi connectivity index (χ3v) is 1.17. The van der Waals surface area contributed by atoms with Gasteiger partial charge in [0.05, 0.1) is 0 Å². The monoisotopic (exact) mass is 196 g/mol. The van der Waals surface area contributed by atoms with Crippen molar-refractivity contribution < 1.29 is 18.3 Å². The molecule has 0 aliphatic carbocycles. The zero-order chi connectivity index (χ0) is 10.5. The third kappa shape index (κ3) is 7.45. The van der Waals surface area contributed by atoms with Gasteiger partial charge in [-0.25, -0.2) is 13.6 Å². The van der Waals surface area contributed by atoms with Gasteiger partial charge in [0.2, 0.25) is 0 Å². The Hall–Kier alpha value is -0.910. The maximum atomic E-state index is 12.2. The number of alkyl halides is 2. The van der Waals surface area contributed by atoms with Gasteiger partial charge in [-0.15, -0.1) is 0 Å². The topological polar surface area (TPSA) is 64.3 Å². The molecule has 6 heteroatoms. The van der Waals surface area contributed by atoms with Crippen LogP contribution in [0.3, 0.4) is 0 Å². The Bertz CT molecular complexity index is 170. The predicted octanol–water partition coefficient (Wildman–Crippen LogP) is 0.715. The number of halogens is 2. The van der Waals surface area contributed by atoms with Crippen LogP contribution < -0.4 is 11.1 Å². The number of alkyl carbamates (subject to hydrolysis) is 1. The molecule has 0 spiro atoms. The zero-order valence-corrected chi connectivity index (χ0v) is 7.64. The summed E-state index contributed by atoms with van der Waals surface area (Å²) in [5, 5.41) is 2.28. The lowest BCUT2D eigenvalue weighted by molar-refractivity contribution is -0.0388. The van der Waals surface area contributed by atoms with E-state index in [0.29, 0.717) is 6.92 Å². The second kappa shape index (κ2) is 4.96. The number of rotatable bonds is 4. The highest BCUT2D eigenvalue weighted by Crippen LogP contribution is 2.11. The Kier molecular flexibility index (Phi) is 4.61. The fourth-order valence-corrected chi connectivity index (χ4v) is 0.494. The summed E-state index contributed by atoms with van der Waals surface area (Å²) in [5.41, 5.74) is 5.18. The fraction of sp³-hybridized carbons (Fsp3) is 0.857. The molecule has 0 aromatic rings. The van der Waals surface area contributed by atoms with Crippen LogP contribution in [0.25, 0.3) is 0 Å². The van der Waals surface area contributed by atoms with Gasteiger partial charge in [0.1, 0.15) is 0 Å². The van der Waals surface area contributed by atoms with Gasteiger partial charge in [-0.1, -0.05) is 0 Å². The number of ether oxygens (including phenoxy) is 1. The van der Waals surface area contributed by atoms with Crippen molar-refractivity contribution in [2.75, 3.05) is 13.2 Å². The zero-order valence-electron chi connectivity index (χ0n) is 7.64. The molecule has 78 valence electrons. The molecule has 0 aliphatic rings. The van der Waals surface area contributed by atoms with E-state index < -0.39 is 18.6 Å². The molecule has 0 rings (SSSR count). The first-order valence-electron chi connectivity index (χ1n) is 3.86. The number of carbonyl (C=O) groups excluding carboxylic acids is 1. The van der Waals surface area contributed by atoms with Crippen LogP contribution in [0.2, 0.25) is 0 Å². The Balaban J connectivity index is 3.64. The van der Waals surface area contributed by atoms with Crippen molar-refractivity contribution in [2.24, 2.45) is 5.73 Å². The van der Waals surface area contributed by atoms with Gasteiger partial charge in [0.25, 0.3) is 5.92 Å². The lowest BCUT2D eigenvalue weighted by Gasteiger charge is -2.14. The minimum atomic E-state index is -3.00. The van der Waals surface area contributed by atoms with Crippen LogP contribution in [0.5, 0.6) is 0 Å². The molecule has 0 saturated carbocycles. The second-order valence-electron chi connectivity index (χ2n) is 2.93. The van der Waals surface area contributed by atoms with Crippen LogP contribution >= 0.6 is 0 Å². The van der Waals surface area contributed by atoms with Crippen LogP contribution in [0, 0.1) is 0 Å². The third-order valence-electron chi connectivity index (χ3n) is 1.17. The molecule has 0 fully saturated rings. The van der Waals surface area contributed by atoms with E-state index in [1.54, 1.807) is 6.92 Å². The van der Waals surface area contributed by atoms with Crippen molar-refractivity contribution >= 4 is 6.09 Å². The summed E-state index contributed by atoms with van der Waals surface area (Å²) in [7, 11) is 0. The quantitative estimate of drug-likeness (QED) is 0.696. The van der Waals surface area contributed by atoms with Crippen LogP contribution in [0.15, 0.2) is 0 Å². The molecule has 13 heavy (non-hydrogen) atoms. The predicted molar refractivity (Wildman–Crippen MR) is 43.6 cm³/mol. The van der Waals surface area contributed by atoms with Crippen LogP contribution in [0.1, 0.15) is 13.8 Å². The van der Waals surface area contributed by atoms with E-state index in [0.717, 1.165) is 0 Å². The molecule has 0 heterocycles. The Morgan fingerprint density at radius 2 is 2.23 bits per heavy atom. The van der Waals surface area contributed by atoms with Crippen molar-refractivity contribution in [3.63, 3.8) is 0 Å². The van der Waals surface area contributed by atoms with Crippen molar-refractivity contribution in [2.45, 2.75) is 25.8 Å². The molecule has 4 nitrogen and oxygen atoms in total. The Morgan fingerprint density at radius 3 is 2.62 bits per heavy atom. The van der Waals surface area contributed by atoms with Crippen molar-refractivity contribution in [1.29, 1.82) is 0 Å². The number of nitrogens with two attached hydrogens (primary N) is 1. The number of carbonyl (C=O) groups is 1. The highest BCUT2D eigenvalue weighted by molar-refractivity contribution is 5.67. The van der Waals surface area contributed by atoms with E-state index in [-0.39, 0.29) is 12.6 Å². The first-order valence-corrected chi connectivity index (χ1v) is 3.86. The van der Waals surface area contributed by atoms with Crippen LogP contribution in [-0.4, -0.2) is 31.2 Å². The smallest absolute Gasteiger partial charge is 0.407 e. The van der Waals surface area contributed by atoms with E-state index >= 15 is 0 Å². The number of hydrogen-bond donors (Lipinski definition) is 2. The van der Waals surface area contributed by atoms with Gasteiger partial charge in [-0.2, -0.15) is 0 Å². The second-order valence-corrected chi connectivity index (χ2v) is 2.93. The molecule has 1 atom stereocenters. The average molecular weight is 196 g/mol. The molecule has 0 radical (unpaired) electrons. The highest BCUT2D eigenvalue weighted by Gasteiger charge is 2.23. The summed E-state index contributed by atoms with van der Waals surface area (Å²) in [5.74, 6) is -3.00. The number of amides is 1. The van der Waals surface area contributed by atoms with Gasteiger partial charge in [0, 0.05) is 19.5 Å². The fourth-order valence-electron chi connectivity index (χ4n) is 0.494. The van der Waals surface area contributed by atoms with Crippen LogP contribution in [-0.2, 0) is 4.74 Å². The molecule has 0 aromatic heterocycles. The molecule has 0 bridgehead atoms. The molecule has 1 amide bonds. The van der Waals surface area contributed by atoms with Gasteiger partial charge in [-0.05, 0) is 6.92 Å². The summed E-state index contributed by atoms with van der Waals surface area (Å²) in [6.45, 7) is 1.63. The summed E-state index contributed by atoms with van der Waals surface area (Å²) in [6.07, 6.45) is -0.875. The molecule has 0 aliphatic heterocycles. The Morgan fingerprint density at radius 1 is 1.69 bits per heavy atom. The Labute approximate surface area is 75.4 Å². The molecule has 3 N–H and O–H groups in total. The summed E-state index contributed by atoms with van der Waals surface area (Å²) >= 11 is 0. The van der Waals surface area contributed by atoms with Crippen LogP contribution in [0.4, 0.5) is 13.6 Å². The first-order chi connectivity index (χ1) is 5.85. The van der Waals surface area contributed by atoms with Crippen molar-refractivity contribution in [3.05, 3.63) is 0 Å². The summed E-state index contributed by atoms with van der Waals surface area (Å²) in [4.78, 5) is 10.7. The average Bonchev–Trinajstić information content (AvgIpc) is 1.99. The van der Waals surface area contributed by atoms with Gasteiger partial charge >= 0.3 is 6.09 Å². The lowest BCUT2D eigenvalue weighted by atomic mass is 10.3. The largest absolute Gasteiger partial charge is 0.443 e. The maximum Gasteiger partial charge on any atom is 0.407 e. The van der Waals surface area contributed by atoms with Gasteiger partial charge < -0.3 is 15.8 Å². The molecular formula is C7H14F2N2O2. The summed E-state index contributed by atoms with van der Waals surface area (Å²) in [6, 6.07) is -0.280. The molecular weight excluding hydrogens is 182 g/mol. The van der Waals surface area contributed by atoms with Crippen molar-refractivity contribution in [3.8, 4) is 0 Å². The lowest BCUT2D eigenvalue weighted by Crippen LogP contribution is -2.39. The molecule has 0 saturated heterocycles. The standard InChI is InChI=1S/C7H14F2N2O2/c1-5(3-10)11-6(12)13-4-7(2,8)9/h5H,3-4,10H2,1-2H3,(H,11,12). The maximum absolute atomic E-state index is 12.2. The molecule has 0 aromatic carbocycles. The highest BCUT2D eigenvalue weighted by atomic mass is 19.3. The van der Waals surface area contributed by atoms with E-state index in [9.17, 15) is 13.6 Å². The van der Waals surface area contributed by atoms with E-state index in [2.05, 4.69) is 10.1 Å². The van der Waals surface area contributed by atoms with Gasteiger partial charge in [0.15, 0.2) is 6.61 Å². The first kappa shape index (κ1) is 12.1. The number of hydrogen-bond acceptors (Lipinski definition) is 3. The minimum Gasteiger partial charge on any atom is -0.443 e. The van der Waals surface area contributed by atoms with E-state index in [4.69, 9.17) is 5.73 Å². The summed E-state index contributed by atoms with van der Waals surface area (Å²) < 4.78 is 28.6. The van der Waals surface area contributed by atoms with E-state index in [1.165, 1.54) is 0 Å².